The number of hydrogen-bond acceptors (Lipinski definition) is 4. The Labute approximate surface area is 132 Å². The van der Waals surface area contributed by atoms with Gasteiger partial charge in [-0.1, -0.05) is 0 Å². The SMILES string of the molecule is COc1cc(-c2cc(N)n(C)n2)cc(Br)c1OCC1CC1. The molecule has 21 heavy (non-hydrogen) atoms. The Balaban J connectivity index is 1.93. The number of benzene rings is 1. The van der Waals surface area contributed by atoms with Gasteiger partial charge in [-0.25, -0.2) is 0 Å². The first-order valence-electron chi connectivity index (χ1n) is 6.88. The molecule has 0 bridgehead atoms. The van der Waals surface area contributed by atoms with Gasteiger partial charge >= 0.3 is 0 Å². The molecule has 5 nitrogen and oxygen atoms in total. The van der Waals surface area contributed by atoms with E-state index < -0.39 is 0 Å². The van der Waals surface area contributed by atoms with E-state index in [-0.39, 0.29) is 0 Å². The van der Waals surface area contributed by atoms with Crippen LogP contribution >= 0.6 is 15.9 Å². The second-order valence-electron chi connectivity index (χ2n) is 5.32. The molecular weight excluding hydrogens is 334 g/mol. The number of aryl methyl sites for hydroxylation is 1. The number of halogens is 1. The maximum Gasteiger partial charge on any atom is 0.175 e. The molecule has 0 radical (unpaired) electrons. The Kier molecular flexibility index (Phi) is 3.80. The summed E-state index contributed by atoms with van der Waals surface area (Å²) in [6.45, 7) is 0.741. The van der Waals surface area contributed by atoms with Gasteiger partial charge in [0.2, 0.25) is 0 Å². The fraction of sp³-hybridized carbons (Fsp3) is 0.400. The number of rotatable bonds is 5. The van der Waals surface area contributed by atoms with Gasteiger partial charge in [0.25, 0.3) is 0 Å². The molecule has 2 aromatic rings. The lowest BCUT2D eigenvalue weighted by molar-refractivity contribution is 0.278. The van der Waals surface area contributed by atoms with Crippen molar-refractivity contribution in [3.8, 4) is 22.8 Å². The van der Waals surface area contributed by atoms with Crippen molar-refractivity contribution in [1.82, 2.24) is 9.78 Å². The zero-order valence-corrected chi connectivity index (χ0v) is 13.7. The van der Waals surface area contributed by atoms with Crippen molar-refractivity contribution in [3.63, 3.8) is 0 Å². The molecule has 1 aliphatic rings. The minimum absolute atomic E-state index is 0.620. The van der Waals surface area contributed by atoms with Crippen molar-refractivity contribution in [1.29, 1.82) is 0 Å². The maximum absolute atomic E-state index is 5.88. The Bertz CT molecular complexity index is 646. The summed E-state index contributed by atoms with van der Waals surface area (Å²) in [5.74, 6) is 2.76. The van der Waals surface area contributed by atoms with E-state index in [2.05, 4.69) is 21.0 Å². The van der Waals surface area contributed by atoms with Gasteiger partial charge in [0.05, 0.1) is 23.9 Å². The molecule has 3 rings (SSSR count). The van der Waals surface area contributed by atoms with E-state index in [4.69, 9.17) is 15.2 Å². The van der Waals surface area contributed by atoms with Crippen LogP contribution in [0.5, 0.6) is 11.5 Å². The van der Waals surface area contributed by atoms with Crippen LogP contribution in [0, 0.1) is 5.92 Å². The third kappa shape index (κ3) is 3.00. The number of nitrogens with zero attached hydrogens (tertiary/aromatic N) is 2. The molecule has 2 N–H and O–H groups in total. The van der Waals surface area contributed by atoms with E-state index in [1.807, 2.05) is 25.2 Å². The molecular formula is C15H18BrN3O2. The molecule has 1 heterocycles. The molecule has 0 aliphatic heterocycles. The average Bonchev–Trinajstić information content (AvgIpc) is 3.22. The lowest BCUT2D eigenvalue weighted by atomic mass is 10.1. The fourth-order valence-corrected chi connectivity index (χ4v) is 2.67. The highest BCUT2D eigenvalue weighted by Crippen LogP contribution is 2.41. The summed E-state index contributed by atoms with van der Waals surface area (Å²) in [6.07, 6.45) is 2.51. The minimum Gasteiger partial charge on any atom is -0.493 e. The van der Waals surface area contributed by atoms with Crippen molar-refractivity contribution in [3.05, 3.63) is 22.7 Å². The van der Waals surface area contributed by atoms with E-state index in [1.54, 1.807) is 11.8 Å². The van der Waals surface area contributed by atoms with Gasteiger partial charge in [-0.3, -0.25) is 4.68 Å². The molecule has 0 atom stereocenters. The van der Waals surface area contributed by atoms with Crippen LogP contribution in [0.25, 0.3) is 11.3 Å². The Hall–Kier alpha value is -1.69. The van der Waals surface area contributed by atoms with E-state index in [1.165, 1.54) is 12.8 Å². The largest absolute Gasteiger partial charge is 0.493 e. The molecule has 0 spiro atoms. The third-order valence-corrected chi connectivity index (χ3v) is 4.19. The van der Waals surface area contributed by atoms with Crippen LogP contribution < -0.4 is 15.2 Å². The number of nitrogen functional groups attached to an aromatic ring is 1. The van der Waals surface area contributed by atoms with Gasteiger partial charge in [0, 0.05) is 18.7 Å². The van der Waals surface area contributed by atoms with Gasteiger partial charge in [-0.2, -0.15) is 5.10 Å². The summed E-state index contributed by atoms with van der Waals surface area (Å²) in [7, 11) is 3.46. The smallest absolute Gasteiger partial charge is 0.175 e. The number of hydrogen-bond donors (Lipinski definition) is 1. The molecule has 0 amide bonds. The Morgan fingerprint density at radius 1 is 1.38 bits per heavy atom. The predicted octanol–water partition coefficient (Wildman–Crippen LogP) is 3.23. The van der Waals surface area contributed by atoms with E-state index in [0.717, 1.165) is 28.1 Å². The molecule has 1 fully saturated rings. The minimum atomic E-state index is 0.620. The van der Waals surface area contributed by atoms with Crippen LogP contribution in [0.15, 0.2) is 22.7 Å². The van der Waals surface area contributed by atoms with E-state index in [9.17, 15) is 0 Å². The number of aromatic nitrogens is 2. The molecule has 1 aromatic heterocycles. The second-order valence-corrected chi connectivity index (χ2v) is 6.18. The number of nitrogens with two attached hydrogens (primary N) is 1. The first-order valence-corrected chi connectivity index (χ1v) is 7.68. The van der Waals surface area contributed by atoms with Gasteiger partial charge in [0.15, 0.2) is 11.5 Å². The van der Waals surface area contributed by atoms with Crippen LogP contribution in [0.2, 0.25) is 0 Å². The van der Waals surface area contributed by atoms with Crippen molar-refractivity contribution >= 4 is 21.7 Å². The normalized spacial score (nSPS) is 14.2. The molecule has 1 aromatic carbocycles. The first-order chi connectivity index (χ1) is 10.1. The lowest BCUT2D eigenvalue weighted by Gasteiger charge is -2.13. The first kappa shape index (κ1) is 14.3. The molecule has 0 saturated heterocycles. The summed E-state index contributed by atoms with van der Waals surface area (Å²) in [5.41, 5.74) is 7.58. The maximum atomic E-state index is 5.88. The Morgan fingerprint density at radius 3 is 2.71 bits per heavy atom. The topological polar surface area (TPSA) is 62.3 Å². The van der Waals surface area contributed by atoms with Crippen LogP contribution in [-0.2, 0) is 7.05 Å². The highest BCUT2D eigenvalue weighted by atomic mass is 79.9. The van der Waals surface area contributed by atoms with Gasteiger partial charge < -0.3 is 15.2 Å². The van der Waals surface area contributed by atoms with Gasteiger partial charge in [0.1, 0.15) is 5.82 Å². The van der Waals surface area contributed by atoms with Gasteiger partial charge in [-0.15, -0.1) is 0 Å². The molecule has 1 aliphatic carbocycles. The van der Waals surface area contributed by atoms with Crippen molar-refractivity contribution < 1.29 is 9.47 Å². The van der Waals surface area contributed by atoms with Crippen LogP contribution in [0.3, 0.4) is 0 Å². The number of anilines is 1. The number of ether oxygens (including phenoxy) is 2. The third-order valence-electron chi connectivity index (χ3n) is 3.60. The van der Waals surface area contributed by atoms with Crippen LogP contribution in [-0.4, -0.2) is 23.5 Å². The number of methoxy groups -OCH3 is 1. The lowest BCUT2D eigenvalue weighted by Crippen LogP contribution is -2.02. The summed E-state index contributed by atoms with van der Waals surface area (Å²) in [6, 6.07) is 5.74. The molecule has 0 unspecified atom stereocenters. The van der Waals surface area contributed by atoms with E-state index in [0.29, 0.717) is 17.5 Å². The van der Waals surface area contributed by atoms with E-state index >= 15 is 0 Å². The fourth-order valence-electron chi connectivity index (χ4n) is 2.12. The highest BCUT2D eigenvalue weighted by molar-refractivity contribution is 9.10. The standard InChI is InChI=1S/C15H18BrN3O2/c1-19-14(17)7-12(18-19)10-5-11(16)15(13(6-10)20-2)21-8-9-3-4-9/h5-7,9H,3-4,8,17H2,1-2H3. The quantitative estimate of drug-likeness (QED) is 0.898. The highest BCUT2D eigenvalue weighted by Gasteiger charge is 2.23. The van der Waals surface area contributed by atoms with Crippen molar-refractivity contribution in [2.24, 2.45) is 13.0 Å². The van der Waals surface area contributed by atoms with Crippen LogP contribution in [0.1, 0.15) is 12.8 Å². The second kappa shape index (κ2) is 5.60. The van der Waals surface area contributed by atoms with Gasteiger partial charge in [-0.05, 0) is 46.8 Å². The zero-order chi connectivity index (χ0) is 15.0. The average molecular weight is 352 g/mol. The predicted molar refractivity (Wildman–Crippen MR) is 85.5 cm³/mol. The van der Waals surface area contributed by atoms with Crippen molar-refractivity contribution in [2.75, 3.05) is 19.5 Å². The Morgan fingerprint density at radius 2 is 2.14 bits per heavy atom. The summed E-state index contributed by atoms with van der Waals surface area (Å²) >= 11 is 3.56. The molecule has 1 saturated carbocycles. The monoisotopic (exact) mass is 351 g/mol. The zero-order valence-electron chi connectivity index (χ0n) is 12.1. The van der Waals surface area contributed by atoms with Crippen LogP contribution in [0.4, 0.5) is 5.82 Å². The summed E-state index contributed by atoms with van der Waals surface area (Å²) < 4.78 is 13.8. The van der Waals surface area contributed by atoms with Crippen molar-refractivity contribution in [2.45, 2.75) is 12.8 Å². The summed E-state index contributed by atoms with van der Waals surface area (Å²) in [5, 5.41) is 4.39. The molecule has 112 valence electrons. The summed E-state index contributed by atoms with van der Waals surface area (Å²) in [4.78, 5) is 0. The molecule has 6 heteroatoms.